The van der Waals surface area contributed by atoms with Crippen LogP contribution in [0.3, 0.4) is 0 Å². The number of hydrogen-bond acceptors (Lipinski definition) is 5. The lowest BCUT2D eigenvalue weighted by Gasteiger charge is -2.33. The summed E-state index contributed by atoms with van der Waals surface area (Å²) in [4.78, 5) is 15.1. The number of amidine groups is 1. The van der Waals surface area contributed by atoms with E-state index in [0.717, 1.165) is 18.4 Å². The fraction of sp³-hybridized carbons (Fsp3) is 0.333. The Morgan fingerprint density at radius 1 is 1.24 bits per heavy atom. The molecule has 4 rings (SSSR count). The van der Waals surface area contributed by atoms with Gasteiger partial charge in [-0.1, -0.05) is 18.2 Å². The van der Waals surface area contributed by atoms with Crippen LogP contribution in [0.1, 0.15) is 24.0 Å². The Hall–Kier alpha value is -2.87. The highest BCUT2D eigenvalue weighted by Gasteiger charge is 2.35. The molecule has 1 unspecified atom stereocenters. The quantitative estimate of drug-likeness (QED) is 0.836. The molecule has 0 spiro atoms. The van der Waals surface area contributed by atoms with Crippen LogP contribution in [0.2, 0.25) is 0 Å². The van der Waals surface area contributed by atoms with Crippen LogP contribution in [0.5, 0.6) is 5.75 Å². The van der Waals surface area contributed by atoms with Crippen LogP contribution in [0, 0.1) is 12.8 Å². The summed E-state index contributed by atoms with van der Waals surface area (Å²) in [5, 5.41) is 2.97. The van der Waals surface area contributed by atoms with Crippen molar-refractivity contribution in [2.24, 2.45) is 10.3 Å². The van der Waals surface area contributed by atoms with Gasteiger partial charge in [-0.05, 0) is 49.6 Å². The number of fused-ring (bicyclic) bond motifs is 1. The molecule has 0 aliphatic carbocycles. The molecule has 1 saturated heterocycles. The van der Waals surface area contributed by atoms with Gasteiger partial charge in [-0.15, -0.1) is 4.40 Å². The Morgan fingerprint density at radius 3 is 2.83 bits per heavy atom. The van der Waals surface area contributed by atoms with Crippen LogP contribution in [-0.2, 0) is 14.8 Å². The third-order valence-corrected chi connectivity index (χ3v) is 6.64. The van der Waals surface area contributed by atoms with Crippen LogP contribution in [0.15, 0.2) is 51.8 Å². The van der Waals surface area contributed by atoms with Gasteiger partial charge in [-0.25, -0.2) is 0 Å². The van der Waals surface area contributed by atoms with E-state index in [1.54, 1.807) is 31.4 Å². The van der Waals surface area contributed by atoms with E-state index in [-0.39, 0.29) is 16.7 Å². The zero-order valence-electron chi connectivity index (χ0n) is 16.4. The number of sulfonamides is 1. The molecular formula is C21H23N3O4S. The van der Waals surface area contributed by atoms with Gasteiger partial charge < -0.3 is 15.0 Å². The van der Waals surface area contributed by atoms with Crippen molar-refractivity contribution in [2.75, 3.05) is 25.5 Å². The zero-order valence-corrected chi connectivity index (χ0v) is 17.2. The number of anilines is 1. The van der Waals surface area contributed by atoms with Crippen molar-refractivity contribution in [3.63, 3.8) is 0 Å². The number of methoxy groups -OCH3 is 1. The molecule has 2 aliphatic rings. The molecule has 2 heterocycles. The van der Waals surface area contributed by atoms with E-state index in [9.17, 15) is 13.2 Å². The first-order chi connectivity index (χ1) is 13.9. The zero-order chi connectivity index (χ0) is 20.6. The van der Waals surface area contributed by atoms with Crippen LogP contribution < -0.4 is 10.1 Å². The van der Waals surface area contributed by atoms with E-state index in [4.69, 9.17) is 4.74 Å². The van der Waals surface area contributed by atoms with Gasteiger partial charge in [0.1, 0.15) is 10.6 Å². The molecule has 0 radical (unpaired) electrons. The number of hydrogen-bond donors (Lipinski definition) is 1. The summed E-state index contributed by atoms with van der Waals surface area (Å²) in [5.74, 6) is 0.670. The monoisotopic (exact) mass is 413 g/mol. The van der Waals surface area contributed by atoms with Crippen molar-refractivity contribution in [3.8, 4) is 5.75 Å². The van der Waals surface area contributed by atoms with E-state index in [2.05, 4.69) is 9.71 Å². The molecule has 1 fully saturated rings. The average Bonchev–Trinajstić information content (AvgIpc) is 3.00. The first kappa shape index (κ1) is 19.4. The normalized spacial score (nSPS) is 20.0. The highest BCUT2D eigenvalue weighted by Crippen LogP contribution is 2.31. The minimum absolute atomic E-state index is 0.103. The maximum absolute atomic E-state index is 12.9. The number of carbonyl (C=O) groups is 1. The maximum Gasteiger partial charge on any atom is 0.285 e. The molecule has 2 aromatic carbocycles. The summed E-state index contributed by atoms with van der Waals surface area (Å²) in [6, 6.07) is 12.4. The average molecular weight is 413 g/mol. The van der Waals surface area contributed by atoms with E-state index in [1.807, 2.05) is 30.0 Å². The molecule has 1 amide bonds. The van der Waals surface area contributed by atoms with Crippen LogP contribution >= 0.6 is 0 Å². The van der Waals surface area contributed by atoms with Gasteiger partial charge in [0.2, 0.25) is 5.91 Å². The minimum atomic E-state index is -3.67. The van der Waals surface area contributed by atoms with Gasteiger partial charge in [-0.3, -0.25) is 4.79 Å². The smallest absolute Gasteiger partial charge is 0.285 e. The molecule has 152 valence electrons. The summed E-state index contributed by atoms with van der Waals surface area (Å²) in [6.45, 7) is 3.04. The van der Waals surface area contributed by atoms with Gasteiger partial charge in [-0.2, -0.15) is 8.42 Å². The predicted molar refractivity (Wildman–Crippen MR) is 111 cm³/mol. The van der Waals surface area contributed by atoms with Gasteiger partial charge in [0.15, 0.2) is 5.84 Å². The Bertz CT molecular complexity index is 1090. The van der Waals surface area contributed by atoms with Crippen LogP contribution in [0.4, 0.5) is 5.69 Å². The lowest BCUT2D eigenvalue weighted by atomic mass is 9.96. The number of aryl methyl sites for hydroxylation is 1. The number of piperidine rings is 1. The van der Waals surface area contributed by atoms with E-state index < -0.39 is 10.0 Å². The number of likely N-dealkylation sites (tertiary alicyclic amines) is 1. The molecule has 1 N–H and O–H groups in total. The topological polar surface area (TPSA) is 88.1 Å². The molecule has 0 aromatic heterocycles. The van der Waals surface area contributed by atoms with Crippen LogP contribution in [0.25, 0.3) is 0 Å². The highest BCUT2D eigenvalue weighted by atomic mass is 32.2. The van der Waals surface area contributed by atoms with Gasteiger partial charge in [0.25, 0.3) is 10.0 Å². The van der Waals surface area contributed by atoms with Crippen molar-refractivity contribution < 1.29 is 17.9 Å². The number of benzene rings is 2. The number of carbonyl (C=O) groups excluding carboxylic acids is 1. The minimum Gasteiger partial charge on any atom is -0.495 e. The summed E-state index contributed by atoms with van der Waals surface area (Å²) in [7, 11) is -2.11. The SMILES string of the molecule is COc1ccc(C)cc1NC(=O)C1CCCN(C2=NS(=O)(=O)c3ccccc32)C1. The molecule has 29 heavy (non-hydrogen) atoms. The fourth-order valence-corrected chi connectivity index (χ4v) is 5.08. The van der Waals surface area contributed by atoms with E-state index in [0.29, 0.717) is 35.9 Å². The molecule has 0 bridgehead atoms. The summed E-state index contributed by atoms with van der Waals surface area (Å²) < 4.78 is 34.0. The summed E-state index contributed by atoms with van der Waals surface area (Å²) in [5.41, 5.74) is 2.27. The predicted octanol–water partition coefficient (Wildman–Crippen LogP) is 2.80. The van der Waals surface area contributed by atoms with Gasteiger partial charge in [0.05, 0.1) is 18.7 Å². The standard InChI is InChI=1S/C21H23N3O4S/c1-14-9-10-18(28-2)17(12-14)22-21(25)15-6-5-11-24(13-15)20-16-7-3-4-8-19(16)29(26,27)23-20/h3-4,7-10,12,15H,5-6,11,13H2,1-2H3,(H,22,25). The van der Waals surface area contributed by atoms with Crippen molar-refractivity contribution in [3.05, 3.63) is 53.6 Å². The second kappa shape index (κ2) is 7.51. The van der Waals surface area contributed by atoms with Crippen LogP contribution in [-0.4, -0.2) is 45.3 Å². The lowest BCUT2D eigenvalue weighted by molar-refractivity contribution is -0.121. The van der Waals surface area contributed by atoms with Crippen molar-refractivity contribution in [2.45, 2.75) is 24.7 Å². The number of rotatable bonds is 3. The molecule has 2 aromatic rings. The van der Waals surface area contributed by atoms with Crippen molar-refractivity contribution in [1.29, 1.82) is 0 Å². The van der Waals surface area contributed by atoms with Crippen molar-refractivity contribution >= 4 is 27.5 Å². The lowest BCUT2D eigenvalue weighted by Crippen LogP contribution is -2.43. The number of ether oxygens (including phenoxy) is 1. The van der Waals surface area contributed by atoms with Crippen molar-refractivity contribution in [1.82, 2.24) is 4.90 Å². The van der Waals surface area contributed by atoms with E-state index >= 15 is 0 Å². The third kappa shape index (κ3) is 3.72. The first-order valence-corrected chi connectivity index (χ1v) is 11.0. The Labute approximate surface area is 170 Å². The molecular weight excluding hydrogens is 390 g/mol. The largest absolute Gasteiger partial charge is 0.495 e. The maximum atomic E-state index is 12.9. The third-order valence-electron chi connectivity index (χ3n) is 5.32. The fourth-order valence-electron chi connectivity index (χ4n) is 3.85. The molecule has 8 heteroatoms. The van der Waals surface area contributed by atoms with Gasteiger partial charge >= 0.3 is 0 Å². The molecule has 0 saturated carbocycles. The Kier molecular flexibility index (Phi) is 5.04. The van der Waals surface area contributed by atoms with Gasteiger partial charge in [0, 0.05) is 18.7 Å². The highest BCUT2D eigenvalue weighted by molar-refractivity contribution is 7.90. The Morgan fingerprint density at radius 2 is 2.03 bits per heavy atom. The number of nitrogens with zero attached hydrogens (tertiary/aromatic N) is 2. The molecule has 1 atom stereocenters. The first-order valence-electron chi connectivity index (χ1n) is 9.54. The molecule has 7 nitrogen and oxygen atoms in total. The second-order valence-corrected chi connectivity index (χ2v) is 8.94. The summed E-state index contributed by atoms with van der Waals surface area (Å²) in [6.07, 6.45) is 1.52. The van der Waals surface area contributed by atoms with E-state index in [1.165, 1.54) is 0 Å². The number of amides is 1. The number of nitrogens with one attached hydrogen (secondary N) is 1. The Balaban J connectivity index is 1.54. The molecule has 2 aliphatic heterocycles. The second-order valence-electron chi connectivity index (χ2n) is 7.36. The summed E-state index contributed by atoms with van der Waals surface area (Å²) >= 11 is 0.